The standard InChI is InChI=1S/C64H121NO4/c1-6-9-12-15-18-21-24-27-30-33-36-39-42-45-48-51-57-66-61-64(69-59-53-50-47-44-41-38-35-32-29-26-23-20-17-14-11-8-3)62-67-60-63(55-54-56-65(4)5)68-58-52-49-46-43-40-37-34-31-28-25-22-19-16-13-10-7-2/h18-19,21-22,27-32,63-64H,6-17,20,23-26,33-62H2,1-5H3/b21-18-,22-19-,30-27-,31-28-,32-29-. The van der Waals surface area contributed by atoms with E-state index in [0.717, 1.165) is 71.3 Å². The molecule has 0 aromatic carbocycles. The molecule has 5 nitrogen and oxygen atoms in total. The Hall–Kier alpha value is -1.50. The van der Waals surface area contributed by atoms with Crippen molar-refractivity contribution in [2.75, 3.05) is 60.3 Å². The predicted octanol–water partition coefficient (Wildman–Crippen LogP) is 19.8. The summed E-state index contributed by atoms with van der Waals surface area (Å²) in [6, 6.07) is 0. The fraction of sp³-hybridized carbons (Fsp3) is 0.844. The average molecular weight is 969 g/mol. The van der Waals surface area contributed by atoms with Crippen LogP contribution in [0.2, 0.25) is 0 Å². The molecule has 0 aromatic heterocycles. The highest BCUT2D eigenvalue weighted by Crippen LogP contribution is 2.14. The second-order valence-corrected chi connectivity index (χ2v) is 20.6. The highest BCUT2D eigenvalue weighted by Gasteiger charge is 2.15. The summed E-state index contributed by atoms with van der Waals surface area (Å²) in [4.78, 5) is 2.27. The van der Waals surface area contributed by atoms with Gasteiger partial charge in [0.05, 0.1) is 25.9 Å². The van der Waals surface area contributed by atoms with E-state index in [4.69, 9.17) is 18.9 Å². The molecule has 0 bridgehead atoms. The third kappa shape index (κ3) is 59.0. The lowest BCUT2D eigenvalue weighted by molar-refractivity contribution is -0.0834. The SMILES string of the molecule is CCCCC/C=C\C/C=C\CCCCCCCCOCC(COCC(CCCN(C)C)OCCCCCCCC/C=C\C/C=C\CCCCC)OCCCCCCCC/C=C\CCCCCCCC. The Morgan fingerprint density at radius 3 is 1.03 bits per heavy atom. The highest BCUT2D eigenvalue weighted by atomic mass is 16.6. The van der Waals surface area contributed by atoms with E-state index >= 15 is 0 Å². The van der Waals surface area contributed by atoms with Gasteiger partial charge in [0.25, 0.3) is 0 Å². The molecule has 0 amide bonds. The second-order valence-electron chi connectivity index (χ2n) is 20.6. The van der Waals surface area contributed by atoms with Gasteiger partial charge in [0.15, 0.2) is 0 Å². The topological polar surface area (TPSA) is 40.2 Å². The number of hydrogen-bond acceptors (Lipinski definition) is 5. The van der Waals surface area contributed by atoms with E-state index < -0.39 is 0 Å². The molecule has 0 saturated heterocycles. The maximum Gasteiger partial charge on any atom is 0.104 e. The summed E-state index contributed by atoms with van der Waals surface area (Å²) in [6.07, 6.45) is 74.8. The van der Waals surface area contributed by atoms with Crippen LogP contribution in [0.25, 0.3) is 0 Å². The van der Waals surface area contributed by atoms with E-state index in [0.29, 0.717) is 19.8 Å². The monoisotopic (exact) mass is 968 g/mol. The summed E-state index contributed by atoms with van der Waals surface area (Å²) < 4.78 is 25.6. The Kier molecular flexibility index (Phi) is 59.5. The zero-order chi connectivity index (χ0) is 49.9. The number of hydrogen-bond donors (Lipinski definition) is 0. The van der Waals surface area contributed by atoms with Crippen molar-refractivity contribution in [3.05, 3.63) is 60.8 Å². The molecule has 406 valence electrons. The Morgan fingerprint density at radius 1 is 0.304 bits per heavy atom. The van der Waals surface area contributed by atoms with Crippen LogP contribution >= 0.6 is 0 Å². The molecule has 0 aliphatic rings. The minimum absolute atomic E-state index is 0.0206. The van der Waals surface area contributed by atoms with Gasteiger partial charge in [-0.3, -0.25) is 0 Å². The highest BCUT2D eigenvalue weighted by molar-refractivity contribution is 4.93. The van der Waals surface area contributed by atoms with Crippen LogP contribution in [-0.2, 0) is 18.9 Å². The third-order valence-electron chi connectivity index (χ3n) is 13.2. The minimum Gasteiger partial charge on any atom is -0.379 e. The van der Waals surface area contributed by atoms with Gasteiger partial charge in [0.1, 0.15) is 6.10 Å². The van der Waals surface area contributed by atoms with Crippen LogP contribution in [0, 0.1) is 0 Å². The van der Waals surface area contributed by atoms with Crippen molar-refractivity contribution in [3.63, 3.8) is 0 Å². The molecule has 2 unspecified atom stereocenters. The van der Waals surface area contributed by atoms with Gasteiger partial charge in [-0.05, 0) is 143 Å². The fourth-order valence-electron chi connectivity index (χ4n) is 8.67. The van der Waals surface area contributed by atoms with Gasteiger partial charge in [-0.25, -0.2) is 0 Å². The zero-order valence-corrected chi connectivity index (χ0v) is 47.2. The Balaban J connectivity index is 4.57. The van der Waals surface area contributed by atoms with E-state index in [1.807, 2.05) is 0 Å². The Morgan fingerprint density at radius 2 is 0.609 bits per heavy atom. The quantitative estimate of drug-likeness (QED) is 0.0449. The number of unbranched alkanes of at least 4 members (excludes halogenated alkanes) is 30. The predicted molar refractivity (Wildman–Crippen MR) is 307 cm³/mol. The molecule has 0 aliphatic carbocycles. The summed E-state index contributed by atoms with van der Waals surface area (Å²) >= 11 is 0. The van der Waals surface area contributed by atoms with Gasteiger partial charge in [-0.1, -0.05) is 216 Å². The average Bonchev–Trinajstić information content (AvgIpc) is 3.34. The van der Waals surface area contributed by atoms with Gasteiger partial charge in [-0.2, -0.15) is 0 Å². The van der Waals surface area contributed by atoms with E-state index in [1.165, 1.54) is 212 Å². The smallest absolute Gasteiger partial charge is 0.104 e. The van der Waals surface area contributed by atoms with Crippen LogP contribution in [0.1, 0.15) is 278 Å². The summed E-state index contributed by atoms with van der Waals surface area (Å²) in [5.74, 6) is 0. The molecule has 0 spiro atoms. The molecule has 69 heavy (non-hydrogen) atoms. The summed E-state index contributed by atoms with van der Waals surface area (Å²) in [7, 11) is 4.32. The first-order valence-corrected chi connectivity index (χ1v) is 30.4. The van der Waals surface area contributed by atoms with Crippen LogP contribution in [0.5, 0.6) is 0 Å². The molecular formula is C64H121NO4. The van der Waals surface area contributed by atoms with Gasteiger partial charge in [0, 0.05) is 19.8 Å². The van der Waals surface area contributed by atoms with Crippen molar-refractivity contribution >= 4 is 0 Å². The fourth-order valence-corrected chi connectivity index (χ4v) is 8.67. The summed E-state index contributed by atoms with van der Waals surface area (Å²) in [5.41, 5.74) is 0. The molecular weight excluding hydrogens is 847 g/mol. The van der Waals surface area contributed by atoms with Crippen LogP contribution in [0.15, 0.2) is 60.8 Å². The molecule has 0 radical (unpaired) electrons. The van der Waals surface area contributed by atoms with Crippen molar-refractivity contribution in [1.82, 2.24) is 4.90 Å². The number of ether oxygens (including phenoxy) is 4. The first-order valence-electron chi connectivity index (χ1n) is 30.4. The molecule has 0 rings (SSSR count). The van der Waals surface area contributed by atoms with Gasteiger partial charge >= 0.3 is 0 Å². The largest absolute Gasteiger partial charge is 0.379 e. The van der Waals surface area contributed by atoms with Crippen molar-refractivity contribution in [2.24, 2.45) is 0 Å². The molecule has 0 fully saturated rings. The van der Waals surface area contributed by atoms with E-state index in [1.54, 1.807) is 0 Å². The van der Waals surface area contributed by atoms with E-state index in [-0.39, 0.29) is 12.2 Å². The molecule has 5 heteroatoms. The molecule has 0 aromatic rings. The minimum atomic E-state index is -0.0206. The van der Waals surface area contributed by atoms with Crippen molar-refractivity contribution in [2.45, 2.75) is 290 Å². The molecule has 0 heterocycles. The Bertz CT molecular complexity index is 1100. The molecule has 0 saturated carbocycles. The zero-order valence-electron chi connectivity index (χ0n) is 47.2. The first kappa shape index (κ1) is 67.5. The van der Waals surface area contributed by atoms with Crippen molar-refractivity contribution in [1.29, 1.82) is 0 Å². The molecule has 2 atom stereocenters. The Labute approximate surface area is 432 Å². The normalized spacial score (nSPS) is 13.4. The van der Waals surface area contributed by atoms with Crippen LogP contribution in [0.3, 0.4) is 0 Å². The first-order chi connectivity index (χ1) is 34.1. The van der Waals surface area contributed by atoms with Crippen LogP contribution < -0.4 is 0 Å². The lowest BCUT2D eigenvalue weighted by Gasteiger charge is -2.22. The number of rotatable bonds is 58. The van der Waals surface area contributed by atoms with Crippen molar-refractivity contribution in [3.8, 4) is 0 Å². The lowest BCUT2D eigenvalue weighted by Crippen LogP contribution is -2.30. The third-order valence-corrected chi connectivity index (χ3v) is 13.2. The van der Waals surface area contributed by atoms with E-state index in [2.05, 4.69) is 101 Å². The number of allylic oxidation sites excluding steroid dienone is 10. The van der Waals surface area contributed by atoms with Crippen LogP contribution in [-0.4, -0.2) is 77.4 Å². The van der Waals surface area contributed by atoms with Crippen LogP contribution in [0.4, 0.5) is 0 Å². The second kappa shape index (κ2) is 60.8. The lowest BCUT2D eigenvalue weighted by atomic mass is 10.1. The van der Waals surface area contributed by atoms with Gasteiger partial charge in [0.2, 0.25) is 0 Å². The molecule has 0 aliphatic heterocycles. The number of nitrogens with zero attached hydrogens (tertiary/aromatic N) is 1. The van der Waals surface area contributed by atoms with E-state index in [9.17, 15) is 0 Å². The maximum atomic E-state index is 6.48. The summed E-state index contributed by atoms with van der Waals surface area (Å²) in [6.45, 7) is 12.2. The maximum absolute atomic E-state index is 6.48. The van der Waals surface area contributed by atoms with Crippen molar-refractivity contribution < 1.29 is 18.9 Å². The van der Waals surface area contributed by atoms with Gasteiger partial charge in [-0.15, -0.1) is 0 Å². The van der Waals surface area contributed by atoms with Gasteiger partial charge < -0.3 is 23.8 Å². The summed E-state index contributed by atoms with van der Waals surface area (Å²) in [5, 5.41) is 0. The molecule has 0 N–H and O–H groups in total.